The lowest BCUT2D eigenvalue weighted by atomic mass is 10.0. The summed E-state index contributed by atoms with van der Waals surface area (Å²) in [6.45, 7) is 5.85. The molecule has 0 radical (unpaired) electrons. The molecule has 0 fully saturated rings. The fraction of sp³-hybridized carbons (Fsp3) is 0.680. The van der Waals surface area contributed by atoms with Crippen LogP contribution in [0.3, 0.4) is 0 Å². The number of aliphatic hydroxyl groups excluding tert-OH is 2. The van der Waals surface area contributed by atoms with E-state index in [2.05, 4.69) is 12.2 Å². The second-order valence-corrected chi connectivity index (χ2v) is 9.18. The van der Waals surface area contributed by atoms with E-state index in [1.54, 1.807) is 25.2 Å². The minimum absolute atomic E-state index is 0.114. The van der Waals surface area contributed by atoms with Gasteiger partial charge in [-0.05, 0) is 32.3 Å². The van der Waals surface area contributed by atoms with Gasteiger partial charge in [-0.1, -0.05) is 76.7 Å². The Hall–Kier alpha value is -1.63. The van der Waals surface area contributed by atoms with Gasteiger partial charge in [-0.2, -0.15) is 0 Å². The van der Waals surface area contributed by atoms with Gasteiger partial charge in [-0.3, -0.25) is 4.79 Å². The average Bonchev–Trinajstić information content (AvgIpc) is 3.03. The van der Waals surface area contributed by atoms with Crippen molar-refractivity contribution >= 4 is 23.5 Å². The number of rotatable bonds is 16. The van der Waals surface area contributed by atoms with Gasteiger partial charge in [0.1, 0.15) is 11.3 Å². The number of cyclic esters (lactones) is 1. The molecule has 1 aliphatic rings. The van der Waals surface area contributed by atoms with E-state index in [1.165, 1.54) is 31.8 Å². The number of hydrogen-bond acceptors (Lipinski definition) is 5. The standard InChI is InChI=1S/C25H40ClNO5/c1-4-6-7-8-9-13-16-22(29)20(26)15-12-10-11-14-19(28)17-23(30)27-21-18-25(3,5-2)32-24(21)31/h10-12,14,18-20,22,28-29H,4-9,13,15-17H2,1-3H3,(H,27,30)/b12-10+,14-11-/t19-,20-,22-,25-/m0/s1. The number of carbonyl (C=O) groups excluding carboxylic acids is 2. The van der Waals surface area contributed by atoms with E-state index in [9.17, 15) is 19.8 Å². The first-order valence-electron chi connectivity index (χ1n) is 11.8. The van der Waals surface area contributed by atoms with Crippen LogP contribution in [0.25, 0.3) is 0 Å². The van der Waals surface area contributed by atoms with E-state index in [1.807, 2.05) is 13.0 Å². The highest BCUT2D eigenvalue weighted by Gasteiger charge is 2.35. The smallest absolute Gasteiger partial charge is 0.355 e. The Labute approximate surface area is 197 Å². The third-order valence-corrected chi connectivity index (χ3v) is 6.05. The molecule has 1 aliphatic heterocycles. The number of hydrogen-bond donors (Lipinski definition) is 3. The van der Waals surface area contributed by atoms with Crippen LogP contribution in [0.2, 0.25) is 0 Å². The number of esters is 1. The second kappa shape index (κ2) is 15.3. The highest BCUT2D eigenvalue weighted by atomic mass is 35.5. The molecule has 1 rings (SSSR count). The van der Waals surface area contributed by atoms with Crippen LogP contribution >= 0.6 is 11.6 Å². The van der Waals surface area contributed by atoms with Crippen LogP contribution in [0.4, 0.5) is 0 Å². The monoisotopic (exact) mass is 469 g/mol. The van der Waals surface area contributed by atoms with Crippen molar-refractivity contribution in [3.63, 3.8) is 0 Å². The third kappa shape index (κ3) is 11.3. The second-order valence-electron chi connectivity index (χ2n) is 8.62. The highest BCUT2D eigenvalue weighted by molar-refractivity contribution is 6.21. The van der Waals surface area contributed by atoms with Crippen LogP contribution in [-0.2, 0) is 14.3 Å². The van der Waals surface area contributed by atoms with E-state index < -0.39 is 29.7 Å². The van der Waals surface area contributed by atoms with Crippen molar-refractivity contribution in [2.75, 3.05) is 0 Å². The number of halogens is 1. The topological polar surface area (TPSA) is 95.9 Å². The lowest BCUT2D eigenvalue weighted by Crippen LogP contribution is -2.28. The van der Waals surface area contributed by atoms with Crippen LogP contribution in [0.1, 0.15) is 85.0 Å². The normalized spacial score (nSPS) is 21.6. The van der Waals surface area contributed by atoms with Crippen molar-refractivity contribution < 1.29 is 24.5 Å². The summed E-state index contributed by atoms with van der Waals surface area (Å²) in [6, 6.07) is 0. The molecule has 182 valence electrons. The molecule has 0 aromatic carbocycles. The van der Waals surface area contributed by atoms with E-state index in [-0.39, 0.29) is 17.5 Å². The molecule has 0 unspecified atom stereocenters. The zero-order valence-electron chi connectivity index (χ0n) is 19.7. The predicted molar refractivity (Wildman–Crippen MR) is 128 cm³/mol. The summed E-state index contributed by atoms with van der Waals surface area (Å²) in [4.78, 5) is 23.9. The van der Waals surface area contributed by atoms with Gasteiger partial charge in [0.15, 0.2) is 0 Å². The summed E-state index contributed by atoms with van der Waals surface area (Å²) in [5.74, 6) is -1.03. The Morgan fingerprint density at radius 3 is 2.53 bits per heavy atom. The van der Waals surface area contributed by atoms with Crippen LogP contribution in [0, 0.1) is 0 Å². The van der Waals surface area contributed by atoms with Gasteiger partial charge >= 0.3 is 5.97 Å². The molecule has 0 saturated carbocycles. The van der Waals surface area contributed by atoms with E-state index in [4.69, 9.17) is 16.3 Å². The Bertz CT molecular complexity index is 675. The summed E-state index contributed by atoms with van der Waals surface area (Å²) < 4.78 is 5.23. The van der Waals surface area contributed by atoms with Crippen molar-refractivity contribution in [3.05, 3.63) is 36.1 Å². The lowest BCUT2D eigenvalue weighted by molar-refractivity contribution is -0.146. The van der Waals surface area contributed by atoms with Crippen molar-refractivity contribution in [1.29, 1.82) is 0 Å². The molecule has 0 saturated heterocycles. The minimum Gasteiger partial charge on any atom is -0.450 e. The van der Waals surface area contributed by atoms with E-state index in [0.29, 0.717) is 19.3 Å². The van der Waals surface area contributed by atoms with Crippen LogP contribution in [-0.4, -0.2) is 45.3 Å². The zero-order valence-corrected chi connectivity index (χ0v) is 20.4. The van der Waals surface area contributed by atoms with Gasteiger partial charge in [0.2, 0.25) is 5.91 Å². The summed E-state index contributed by atoms with van der Waals surface area (Å²) in [5.41, 5.74) is -0.589. The largest absolute Gasteiger partial charge is 0.450 e. The highest BCUT2D eigenvalue weighted by Crippen LogP contribution is 2.26. The molecule has 1 heterocycles. The van der Waals surface area contributed by atoms with Crippen molar-refractivity contribution in [3.8, 4) is 0 Å². The maximum atomic E-state index is 12.1. The number of carbonyl (C=O) groups is 2. The summed E-state index contributed by atoms with van der Waals surface area (Å²) in [5, 5.41) is 22.3. The first kappa shape index (κ1) is 28.4. The van der Waals surface area contributed by atoms with Gasteiger partial charge in [0.05, 0.1) is 24.0 Å². The first-order valence-corrected chi connectivity index (χ1v) is 12.2. The molecular formula is C25H40ClNO5. The predicted octanol–water partition coefficient (Wildman–Crippen LogP) is 4.68. The minimum atomic E-state index is -0.986. The summed E-state index contributed by atoms with van der Waals surface area (Å²) in [7, 11) is 0. The SMILES string of the molecule is CCCCCCCC[C@H](O)[C@@H](Cl)C/C=C/C=C\[C@H](O)CC(=O)NC1=C[C@](C)(CC)OC1=O. The molecule has 0 aromatic rings. The number of nitrogens with one attached hydrogen (secondary N) is 1. The van der Waals surface area contributed by atoms with E-state index in [0.717, 1.165) is 12.8 Å². The molecule has 3 N–H and O–H groups in total. The summed E-state index contributed by atoms with van der Waals surface area (Å²) >= 11 is 6.26. The van der Waals surface area contributed by atoms with Crippen molar-refractivity contribution in [2.45, 2.75) is 108 Å². The Morgan fingerprint density at radius 1 is 1.19 bits per heavy atom. The molecule has 0 spiro atoms. The molecule has 0 aliphatic carbocycles. The first-order chi connectivity index (χ1) is 15.2. The molecule has 6 nitrogen and oxygen atoms in total. The number of aliphatic hydroxyl groups is 2. The fourth-order valence-corrected chi connectivity index (χ4v) is 3.56. The van der Waals surface area contributed by atoms with Crippen LogP contribution < -0.4 is 5.32 Å². The Morgan fingerprint density at radius 2 is 1.88 bits per heavy atom. The number of allylic oxidation sites excluding steroid dienone is 3. The van der Waals surface area contributed by atoms with Gasteiger partial charge in [0.25, 0.3) is 0 Å². The van der Waals surface area contributed by atoms with Gasteiger partial charge in [0, 0.05) is 0 Å². The maximum absolute atomic E-state index is 12.1. The average molecular weight is 470 g/mol. The fourth-order valence-electron chi connectivity index (χ4n) is 3.33. The number of amides is 1. The molecule has 0 aromatic heterocycles. The molecule has 32 heavy (non-hydrogen) atoms. The zero-order chi connectivity index (χ0) is 24.0. The molecule has 0 bridgehead atoms. The van der Waals surface area contributed by atoms with Gasteiger partial charge in [-0.25, -0.2) is 4.79 Å². The molecule has 1 amide bonds. The van der Waals surface area contributed by atoms with Gasteiger partial charge < -0.3 is 20.3 Å². The lowest BCUT2D eigenvalue weighted by Gasteiger charge is -2.17. The van der Waals surface area contributed by atoms with Gasteiger partial charge in [-0.15, -0.1) is 11.6 Å². The third-order valence-electron chi connectivity index (χ3n) is 5.58. The van der Waals surface area contributed by atoms with E-state index >= 15 is 0 Å². The van der Waals surface area contributed by atoms with Crippen LogP contribution in [0.15, 0.2) is 36.1 Å². The molecular weight excluding hydrogens is 430 g/mol. The summed E-state index contributed by atoms with van der Waals surface area (Å²) in [6.07, 6.45) is 15.5. The quantitative estimate of drug-likeness (QED) is 0.132. The van der Waals surface area contributed by atoms with Crippen molar-refractivity contribution in [2.24, 2.45) is 0 Å². The van der Waals surface area contributed by atoms with Crippen LogP contribution in [0.5, 0.6) is 0 Å². The maximum Gasteiger partial charge on any atom is 0.355 e. The number of unbranched alkanes of at least 4 members (excludes halogenated alkanes) is 5. The molecule has 4 atom stereocenters. The Kier molecular flexibility index (Phi) is 13.5. The number of alkyl halides is 1. The molecule has 7 heteroatoms. The van der Waals surface area contributed by atoms with Crippen molar-refractivity contribution in [1.82, 2.24) is 5.32 Å². The number of ether oxygens (including phenoxy) is 1. The Balaban J connectivity index is 2.26.